The van der Waals surface area contributed by atoms with E-state index in [1.165, 1.54) is 12.8 Å². The summed E-state index contributed by atoms with van der Waals surface area (Å²) in [6, 6.07) is 18.0. The zero-order chi connectivity index (χ0) is 26.9. The molecule has 39 heavy (non-hydrogen) atoms. The largest absolute Gasteiger partial charge is 0.446 e. The number of amides is 1. The maximum absolute atomic E-state index is 12.2. The van der Waals surface area contributed by atoms with E-state index >= 15 is 0 Å². The van der Waals surface area contributed by atoms with Crippen LogP contribution in [0.3, 0.4) is 0 Å². The molecule has 0 unspecified atom stereocenters. The Morgan fingerprint density at radius 1 is 1.03 bits per heavy atom. The molecule has 1 aromatic carbocycles. The number of ether oxygens (including phenoxy) is 1. The molecule has 0 bridgehead atoms. The van der Waals surface area contributed by atoms with Gasteiger partial charge in [-0.2, -0.15) is 0 Å². The summed E-state index contributed by atoms with van der Waals surface area (Å²) in [5.74, 6) is 2.24. The SMILES string of the molecule is O=C(NCc1ccccc1)OC1CCC(Nc2cc(-c3cccc(NC[C@H]4CCCNC4)n3)c(Cl)cn2)CC1. The fraction of sp³-hybridized carbons (Fsp3) is 0.433. The van der Waals surface area contributed by atoms with Gasteiger partial charge in [-0.15, -0.1) is 0 Å². The zero-order valence-electron chi connectivity index (χ0n) is 22.2. The van der Waals surface area contributed by atoms with Crippen LogP contribution in [-0.4, -0.2) is 47.8 Å². The van der Waals surface area contributed by atoms with E-state index < -0.39 is 0 Å². The van der Waals surface area contributed by atoms with E-state index in [9.17, 15) is 4.79 Å². The van der Waals surface area contributed by atoms with Gasteiger partial charge in [0.25, 0.3) is 0 Å². The first-order valence-corrected chi connectivity index (χ1v) is 14.3. The Morgan fingerprint density at radius 3 is 2.67 bits per heavy atom. The van der Waals surface area contributed by atoms with Crippen LogP contribution in [0.1, 0.15) is 44.1 Å². The van der Waals surface area contributed by atoms with Crippen molar-refractivity contribution in [3.05, 3.63) is 71.4 Å². The van der Waals surface area contributed by atoms with Gasteiger partial charge >= 0.3 is 6.09 Å². The van der Waals surface area contributed by atoms with Gasteiger partial charge < -0.3 is 26.0 Å². The molecule has 1 saturated heterocycles. The minimum Gasteiger partial charge on any atom is -0.446 e. The molecule has 9 heteroatoms. The lowest BCUT2D eigenvalue weighted by Gasteiger charge is -2.29. The van der Waals surface area contributed by atoms with Crippen molar-refractivity contribution in [3.8, 4) is 11.3 Å². The summed E-state index contributed by atoms with van der Waals surface area (Å²) < 4.78 is 5.65. The summed E-state index contributed by atoms with van der Waals surface area (Å²) in [4.78, 5) is 21.6. The molecule has 2 fully saturated rings. The van der Waals surface area contributed by atoms with Crippen LogP contribution < -0.4 is 21.3 Å². The monoisotopic (exact) mass is 548 g/mol. The lowest BCUT2D eigenvalue weighted by molar-refractivity contribution is 0.0728. The number of nitrogens with one attached hydrogen (secondary N) is 4. The van der Waals surface area contributed by atoms with Gasteiger partial charge in [-0.3, -0.25) is 0 Å². The summed E-state index contributed by atoms with van der Waals surface area (Å²) in [6.45, 7) is 3.53. The van der Waals surface area contributed by atoms with Crippen LogP contribution in [0.5, 0.6) is 0 Å². The second-order valence-electron chi connectivity index (χ2n) is 10.4. The highest BCUT2D eigenvalue weighted by Gasteiger charge is 2.24. The summed E-state index contributed by atoms with van der Waals surface area (Å²) in [7, 11) is 0. The van der Waals surface area contributed by atoms with Crippen LogP contribution in [0, 0.1) is 5.92 Å². The van der Waals surface area contributed by atoms with E-state index in [2.05, 4.69) is 26.3 Å². The molecule has 1 aliphatic heterocycles. The van der Waals surface area contributed by atoms with E-state index in [1.807, 2.05) is 54.6 Å². The van der Waals surface area contributed by atoms with Crippen molar-refractivity contribution < 1.29 is 9.53 Å². The number of carbonyl (C=O) groups is 1. The number of piperidine rings is 1. The average Bonchev–Trinajstić information content (AvgIpc) is 2.98. The molecule has 3 heterocycles. The van der Waals surface area contributed by atoms with Crippen LogP contribution >= 0.6 is 11.6 Å². The molecule has 8 nitrogen and oxygen atoms in total. The smallest absolute Gasteiger partial charge is 0.407 e. The van der Waals surface area contributed by atoms with Crippen LogP contribution in [0.4, 0.5) is 16.4 Å². The summed E-state index contributed by atoms with van der Waals surface area (Å²) in [5.41, 5.74) is 2.72. The molecule has 4 N–H and O–H groups in total. The van der Waals surface area contributed by atoms with Gasteiger partial charge in [0.15, 0.2) is 0 Å². The minimum absolute atomic E-state index is 0.0728. The van der Waals surface area contributed by atoms with Crippen LogP contribution in [0.15, 0.2) is 60.8 Å². The van der Waals surface area contributed by atoms with Crippen molar-refractivity contribution in [2.24, 2.45) is 5.92 Å². The number of nitrogens with zero attached hydrogens (tertiary/aromatic N) is 2. The summed E-state index contributed by atoms with van der Waals surface area (Å²) >= 11 is 6.54. The molecule has 1 saturated carbocycles. The van der Waals surface area contributed by atoms with Gasteiger partial charge in [0.1, 0.15) is 17.7 Å². The Hall–Kier alpha value is -3.36. The summed E-state index contributed by atoms with van der Waals surface area (Å²) in [5, 5.41) is 13.9. The molecule has 1 atom stereocenters. The number of aromatic nitrogens is 2. The molecule has 5 rings (SSSR count). The zero-order valence-corrected chi connectivity index (χ0v) is 22.9. The normalized spacial score (nSPS) is 21.1. The first-order valence-electron chi connectivity index (χ1n) is 13.9. The fourth-order valence-electron chi connectivity index (χ4n) is 5.24. The molecular formula is C30H37ClN6O2. The molecular weight excluding hydrogens is 512 g/mol. The van der Waals surface area contributed by atoms with Gasteiger partial charge in [0.2, 0.25) is 0 Å². The maximum Gasteiger partial charge on any atom is 0.407 e. The number of anilines is 2. The number of pyridine rings is 2. The predicted molar refractivity (Wildman–Crippen MR) is 156 cm³/mol. The first kappa shape index (κ1) is 27.2. The van der Waals surface area contributed by atoms with Crippen molar-refractivity contribution in [2.45, 2.75) is 57.2 Å². The fourth-order valence-corrected chi connectivity index (χ4v) is 5.44. The van der Waals surface area contributed by atoms with Crippen LogP contribution in [-0.2, 0) is 11.3 Å². The molecule has 0 spiro atoms. The molecule has 2 aliphatic rings. The lowest BCUT2D eigenvalue weighted by Crippen LogP contribution is -2.34. The average molecular weight is 549 g/mol. The highest BCUT2D eigenvalue weighted by atomic mass is 35.5. The van der Waals surface area contributed by atoms with E-state index in [1.54, 1.807) is 6.20 Å². The second-order valence-corrected chi connectivity index (χ2v) is 10.8. The van der Waals surface area contributed by atoms with Crippen molar-refractivity contribution in [2.75, 3.05) is 30.3 Å². The predicted octanol–water partition coefficient (Wildman–Crippen LogP) is 5.86. The summed E-state index contributed by atoms with van der Waals surface area (Å²) in [6.07, 6.45) is 7.11. The van der Waals surface area contributed by atoms with Crippen LogP contribution in [0.2, 0.25) is 5.02 Å². The number of halogens is 1. The molecule has 1 aliphatic carbocycles. The topological polar surface area (TPSA) is 100 Å². The number of carbonyl (C=O) groups excluding carboxylic acids is 1. The Morgan fingerprint density at radius 2 is 1.87 bits per heavy atom. The minimum atomic E-state index is -0.362. The third-order valence-corrected chi connectivity index (χ3v) is 7.73. The van der Waals surface area contributed by atoms with Gasteiger partial charge in [-0.05, 0) is 81.3 Å². The second kappa shape index (κ2) is 13.6. The molecule has 3 aromatic rings. The van der Waals surface area contributed by atoms with Crippen molar-refractivity contribution >= 4 is 29.3 Å². The van der Waals surface area contributed by atoms with Crippen LogP contribution in [0.25, 0.3) is 11.3 Å². The molecule has 1 amide bonds. The number of benzene rings is 1. The van der Waals surface area contributed by atoms with E-state index in [0.29, 0.717) is 17.5 Å². The van der Waals surface area contributed by atoms with Gasteiger partial charge in [-0.25, -0.2) is 14.8 Å². The Labute approximate surface area is 235 Å². The Bertz CT molecular complexity index is 1210. The third-order valence-electron chi connectivity index (χ3n) is 7.43. The third kappa shape index (κ3) is 8.07. The highest BCUT2D eigenvalue weighted by Crippen LogP contribution is 2.30. The van der Waals surface area contributed by atoms with Crippen molar-refractivity contribution in [1.82, 2.24) is 20.6 Å². The van der Waals surface area contributed by atoms with E-state index in [4.69, 9.17) is 21.3 Å². The van der Waals surface area contributed by atoms with Gasteiger partial charge in [-0.1, -0.05) is 48.0 Å². The maximum atomic E-state index is 12.2. The highest BCUT2D eigenvalue weighted by molar-refractivity contribution is 6.33. The lowest BCUT2D eigenvalue weighted by atomic mass is 9.93. The first-order chi connectivity index (χ1) is 19.1. The molecule has 2 aromatic heterocycles. The number of alkyl carbamates (subject to hydrolysis) is 1. The molecule has 206 valence electrons. The van der Waals surface area contributed by atoms with E-state index in [0.717, 1.165) is 73.8 Å². The standard InChI is InChI=1S/C30H37ClN6O2/c31-26-20-34-29(16-25(26)27-9-4-10-28(37-27)33-19-22-8-5-15-32-17-22)36-23-11-13-24(14-12-23)39-30(38)35-18-21-6-2-1-3-7-21/h1-4,6-7,9-10,16,20,22-24,32H,5,8,11-15,17-19H2,(H,33,37)(H,34,36)(H,35,38)/t22-,23?,24?/m0/s1. The quantitative estimate of drug-likeness (QED) is 0.266. The van der Waals surface area contributed by atoms with Gasteiger partial charge in [0, 0.05) is 30.9 Å². The Kier molecular flexibility index (Phi) is 9.51. The number of hydrogen-bond acceptors (Lipinski definition) is 7. The number of rotatable bonds is 9. The molecule has 0 radical (unpaired) electrons. The number of hydrogen-bond donors (Lipinski definition) is 4. The van der Waals surface area contributed by atoms with Crippen molar-refractivity contribution in [1.29, 1.82) is 0 Å². The Balaban J connectivity index is 1.11. The van der Waals surface area contributed by atoms with Crippen molar-refractivity contribution in [3.63, 3.8) is 0 Å². The van der Waals surface area contributed by atoms with E-state index in [-0.39, 0.29) is 18.2 Å². The van der Waals surface area contributed by atoms with Gasteiger partial charge in [0.05, 0.1) is 10.7 Å².